The Morgan fingerprint density at radius 2 is 2.12 bits per heavy atom. The summed E-state index contributed by atoms with van der Waals surface area (Å²) < 4.78 is 43.1. The Morgan fingerprint density at radius 1 is 1.41 bits per heavy atom. The van der Waals surface area contributed by atoms with Gasteiger partial charge in [-0.2, -0.15) is 13.2 Å². The smallest absolute Gasteiger partial charge is 0.411 e. The third kappa shape index (κ3) is 2.07. The summed E-state index contributed by atoms with van der Waals surface area (Å²) in [5, 5.41) is 1.68. The number of thiazole rings is 1. The van der Waals surface area contributed by atoms with E-state index in [1.54, 1.807) is 12.1 Å². The first kappa shape index (κ1) is 12.1. The van der Waals surface area contributed by atoms with Crippen LogP contribution in [0.1, 0.15) is 12.6 Å². The Kier molecular flexibility index (Phi) is 2.75. The van der Waals surface area contributed by atoms with E-state index in [-0.39, 0.29) is 5.69 Å². The van der Waals surface area contributed by atoms with E-state index in [0.29, 0.717) is 10.8 Å². The molecule has 0 radical (unpaired) electrons. The normalized spacial score (nSPS) is 15.8. The summed E-state index contributed by atoms with van der Waals surface area (Å²) in [4.78, 5) is 3.87. The fourth-order valence-electron chi connectivity index (χ4n) is 1.17. The van der Waals surface area contributed by atoms with E-state index in [9.17, 15) is 13.2 Å². The molecule has 0 aromatic carbocycles. The van der Waals surface area contributed by atoms with Gasteiger partial charge in [-0.15, -0.1) is 11.3 Å². The van der Waals surface area contributed by atoms with Crippen molar-refractivity contribution >= 4 is 11.3 Å². The molecule has 0 spiro atoms. The first-order valence-corrected chi connectivity index (χ1v) is 5.56. The zero-order valence-electron chi connectivity index (χ0n) is 8.78. The second kappa shape index (κ2) is 3.85. The Hall–Kier alpha value is -1.34. The van der Waals surface area contributed by atoms with Gasteiger partial charge in [0.15, 0.2) is 16.3 Å². The van der Waals surface area contributed by atoms with Gasteiger partial charge in [0.05, 0.1) is 12.0 Å². The zero-order valence-corrected chi connectivity index (χ0v) is 9.60. The summed E-state index contributed by atoms with van der Waals surface area (Å²) in [5.74, 6) is 0.430. The highest BCUT2D eigenvalue weighted by molar-refractivity contribution is 7.13. The third-order valence-corrected chi connectivity index (χ3v) is 3.21. The molecule has 1 atom stereocenters. The molecule has 17 heavy (non-hydrogen) atoms. The Balaban J connectivity index is 2.37. The van der Waals surface area contributed by atoms with Gasteiger partial charge in [0.2, 0.25) is 0 Å². The molecule has 92 valence electrons. The van der Waals surface area contributed by atoms with Gasteiger partial charge in [-0.1, -0.05) is 0 Å². The van der Waals surface area contributed by atoms with Crippen LogP contribution in [0, 0.1) is 0 Å². The van der Waals surface area contributed by atoms with Crippen LogP contribution in [0.15, 0.2) is 28.2 Å². The molecule has 0 aliphatic carbocycles. The van der Waals surface area contributed by atoms with Crippen LogP contribution in [0.3, 0.4) is 0 Å². The second-order valence-corrected chi connectivity index (χ2v) is 4.57. The van der Waals surface area contributed by atoms with E-state index in [1.807, 2.05) is 0 Å². The van der Waals surface area contributed by atoms with Crippen LogP contribution in [-0.4, -0.2) is 11.2 Å². The fourth-order valence-corrected chi connectivity index (χ4v) is 2.08. The number of rotatable bonds is 2. The average Bonchev–Trinajstić information content (AvgIpc) is 2.87. The summed E-state index contributed by atoms with van der Waals surface area (Å²) in [6.45, 7) is 0.897. The minimum atomic E-state index is -4.54. The molecule has 2 heterocycles. The van der Waals surface area contributed by atoms with Gasteiger partial charge in [0.1, 0.15) is 0 Å². The lowest BCUT2D eigenvalue weighted by Crippen LogP contribution is -2.47. The van der Waals surface area contributed by atoms with E-state index >= 15 is 0 Å². The second-order valence-electron chi connectivity index (χ2n) is 3.72. The van der Waals surface area contributed by atoms with E-state index in [4.69, 9.17) is 10.2 Å². The van der Waals surface area contributed by atoms with Gasteiger partial charge >= 0.3 is 6.18 Å². The summed E-state index contributed by atoms with van der Waals surface area (Å²) in [6, 6.07) is 3.27. The molecule has 0 amide bonds. The fraction of sp³-hybridized carbons (Fsp3) is 0.300. The molecule has 0 saturated carbocycles. The molecule has 0 aliphatic heterocycles. The highest BCUT2D eigenvalue weighted by atomic mass is 32.1. The quantitative estimate of drug-likeness (QED) is 0.904. The first-order chi connectivity index (χ1) is 7.82. The van der Waals surface area contributed by atoms with Gasteiger partial charge in [0, 0.05) is 5.38 Å². The Bertz CT molecular complexity index is 502. The summed E-state index contributed by atoms with van der Waals surface area (Å²) in [7, 11) is 0. The van der Waals surface area contributed by atoms with Crippen LogP contribution < -0.4 is 5.73 Å². The van der Waals surface area contributed by atoms with E-state index in [1.165, 1.54) is 11.6 Å². The van der Waals surface area contributed by atoms with Crippen molar-refractivity contribution < 1.29 is 17.6 Å². The number of halogens is 3. The lowest BCUT2D eigenvalue weighted by Gasteiger charge is -2.25. The molecule has 0 saturated heterocycles. The van der Waals surface area contributed by atoms with Crippen LogP contribution in [0.2, 0.25) is 0 Å². The van der Waals surface area contributed by atoms with E-state index in [0.717, 1.165) is 18.3 Å². The van der Waals surface area contributed by atoms with Crippen molar-refractivity contribution in [2.24, 2.45) is 5.73 Å². The molecule has 2 aromatic rings. The Labute approximate surface area is 99.1 Å². The van der Waals surface area contributed by atoms with Crippen LogP contribution in [0.4, 0.5) is 13.2 Å². The summed E-state index contributed by atoms with van der Waals surface area (Å²) >= 11 is 1.07. The van der Waals surface area contributed by atoms with Crippen LogP contribution in [-0.2, 0) is 5.54 Å². The minimum absolute atomic E-state index is 0.207. The molecule has 7 heteroatoms. The maximum Gasteiger partial charge on any atom is 0.411 e. The number of hydrogen-bond donors (Lipinski definition) is 1. The summed E-state index contributed by atoms with van der Waals surface area (Å²) in [5.41, 5.74) is 2.61. The van der Waals surface area contributed by atoms with Crippen molar-refractivity contribution in [1.82, 2.24) is 4.98 Å². The average molecular weight is 262 g/mol. The van der Waals surface area contributed by atoms with Gasteiger partial charge in [0.25, 0.3) is 0 Å². The first-order valence-electron chi connectivity index (χ1n) is 4.68. The van der Waals surface area contributed by atoms with Gasteiger partial charge in [-0.3, -0.25) is 0 Å². The van der Waals surface area contributed by atoms with Gasteiger partial charge in [-0.05, 0) is 19.1 Å². The molecule has 0 fully saturated rings. The SMILES string of the molecule is CC(N)(c1csc(-c2ccco2)n1)C(F)(F)F. The van der Waals surface area contributed by atoms with Crippen molar-refractivity contribution in [3.05, 3.63) is 29.5 Å². The van der Waals surface area contributed by atoms with Crippen molar-refractivity contribution in [2.75, 3.05) is 0 Å². The molecular weight excluding hydrogens is 253 g/mol. The molecule has 0 aliphatic rings. The maximum absolute atomic E-state index is 12.7. The van der Waals surface area contributed by atoms with Crippen molar-refractivity contribution in [3.63, 3.8) is 0 Å². The largest absolute Gasteiger partial charge is 0.462 e. The lowest BCUT2D eigenvalue weighted by molar-refractivity contribution is -0.185. The number of nitrogens with zero attached hydrogens (tertiary/aromatic N) is 1. The minimum Gasteiger partial charge on any atom is -0.462 e. The van der Waals surface area contributed by atoms with E-state index in [2.05, 4.69) is 4.98 Å². The number of hydrogen-bond acceptors (Lipinski definition) is 4. The molecule has 0 bridgehead atoms. The highest BCUT2D eigenvalue weighted by Gasteiger charge is 2.51. The predicted molar refractivity (Wildman–Crippen MR) is 57.4 cm³/mol. The van der Waals surface area contributed by atoms with Crippen molar-refractivity contribution in [1.29, 1.82) is 0 Å². The molecule has 2 rings (SSSR count). The number of furan rings is 1. The molecular formula is C10H9F3N2OS. The highest BCUT2D eigenvalue weighted by Crippen LogP contribution is 2.38. The van der Waals surface area contributed by atoms with Crippen LogP contribution in [0.5, 0.6) is 0 Å². The number of alkyl halides is 3. The van der Waals surface area contributed by atoms with Crippen molar-refractivity contribution in [2.45, 2.75) is 18.6 Å². The third-order valence-electron chi connectivity index (χ3n) is 2.36. The lowest BCUT2D eigenvalue weighted by atomic mass is 10.00. The topological polar surface area (TPSA) is 52.0 Å². The van der Waals surface area contributed by atoms with Crippen molar-refractivity contribution in [3.8, 4) is 10.8 Å². The monoisotopic (exact) mass is 262 g/mol. The molecule has 1 unspecified atom stereocenters. The van der Waals surface area contributed by atoms with Crippen LogP contribution >= 0.6 is 11.3 Å². The number of nitrogens with two attached hydrogens (primary N) is 1. The molecule has 2 aromatic heterocycles. The predicted octanol–water partition coefficient (Wildman–Crippen LogP) is 3.14. The number of aromatic nitrogens is 1. The van der Waals surface area contributed by atoms with E-state index < -0.39 is 11.7 Å². The molecule has 3 nitrogen and oxygen atoms in total. The summed E-state index contributed by atoms with van der Waals surface area (Å²) in [6.07, 6.45) is -3.11. The maximum atomic E-state index is 12.7. The standard InChI is InChI=1S/C10H9F3N2OS/c1-9(14,10(11,12)13)7-5-17-8(15-7)6-3-2-4-16-6/h2-5H,14H2,1H3. The molecule has 2 N–H and O–H groups in total. The van der Waals surface area contributed by atoms with Gasteiger partial charge in [-0.25, -0.2) is 4.98 Å². The van der Waals surface area contributed by atoms with Gasteiger partial charge < -0.3 is 10.2 Å². The zero-order chi connectivity index (χ0) is 12.7. The van der Waals surface area contributed by atoms with Crippen LogP contribution in [0.25, 0.3) is 10.8 Å². The Morgan fingerprint density at radius 3 is 2.65 bits per heavy atom.